The molecule has 2 aromatic rings. The molecule has 0 spiro atoms. The van der Waals surface area contributed by atoms with E-state index in [0.29, 0.717) is 18.5 Å². The lowest BCUT2D eigenvalue weighted by molar-refractivity contribution is -0.384. The van der Waals surface area contributed by atoms with Gasteiger partial charge in [0.25, 0.3) is 5.69 Å². The first-order valence-corrected chi connectivity index (χ1v) is 8.79. The van der Waals surface area contributed by atoms with Gasteiger partial charge in [0.2, 0.25) is 5.91 Å². The number of carboxylic acid groups (broad SMARTS) is 1. The molecule has 1 aliphatic carbocycles. The normalized spacial score (nSPS) is 13.2. The van der Waals surface area contributed by atoms with Crippen molar-refractivity contribution >= 4 is 17.6 Å². The van der Waals surface area contributed by atoms with Crippen LogP contribution in [0.5, 0.6) is 0 Å². The van der Waals surface area contributed by atoms with Gasteiger partial charge in [-0.3, -0.25) is 14.9 Å². The molecule has 27 heavy (non-hydrogen) atoms. The van der Waals surface area contributed by atoms with Crippen LogP contribution in [0.4, 0.5) is 5.69 Å². The second-order valence-electron chi connectivity index (χ2n) is 6.64. The first-order chi connectivity index (χ1) is 13.0. The Kier molecular flexibility index (Phi) is 5.49. The molecule has 0 aromatic heterocycles. The second-order valence-corrected chi connectivity index (χ2v) is 6.64. The van der Waals surface area contributed by atoms with Crippen LogP contribution in [0.1, 0.15) is 40.7 Å². The molecule has 1 N–H and O–H groups in total. The molecule has 0 unspecified atom stereocenters. The minimum Gasteiger partial charge on any atom is -0.478 e. The van der Waals surface area contributed by atoms with Crippen LogP contribution in [-0.4, -0.2) is 32.8 Å². The van der Waals surface area contributed by atoms with Crippen LogP contribution in [0.15, 0.2) is 48.5 Å². The highest BCUT2D eigenvalue weighted by Crippen LogP contribution is 2.30. The highest BCUT2D eigenvalue weighted by Gasteiger charge is 2.32. The molecule has 2 aromatic carbocycles. The zero-order chi connectivity index (χ0) is 19.4. The average Bonchev–Trinajstić information content (AvgIpc) is 3.49. The maximum absolute atomic E-state index is 12.7. The van der Waals surface area contributed by atoms with E-state index in [1.54, 1.807) is 35.2 Å². The summed E-state index contributed by atoms with van der Waals surface area (Å²) in [7, 11) is 0. The maximum atomic E-state index is 12.7. The number of amides is 1. The summed E-state index contributed by atoms with van der Waals surface area (Å²) < 4.78 is 0. The summed E-state index contributed by atoms with van der Waals surface area (Å²) in [5.41, 5.74) is 1.56. The van der Waals surface area contributed by atoms with E-state index in [4.69, 9.17) is 0 Å². The van der Waals surface area contributed by atoms with E-state index in [1.807, 2.05) is 0 Å². The number of rotatable bonds is 8. The van der Waals surface area contributed by atoms with Gasteiger partial charge in [0.05, 0.1) is 10.5 Å². The van der Waals surface area contributed by atoms with Gasteiger partial charge in [0, 0.05) is 31.1 Å². The molecule has 0 aliphatic heterocycles. The monoisotopic (exact) mass is 368 g/mol. The lowest BCUT2D eigenvalue weighted by Gasteiger charge is -2.23. The van der Waals surface area contributed by atoms with Gasteiger partial charge in [-0.1, -0.05) is 30.3 Å². The summed E-state index contributed by atoms with van der Waals surface area (Å²) in [5.74, 6) is -1.07. The molecule has 7 heteroatoms. The fraction of sp³-hybridized carbons (Fsp3) is 0.300. The third-order valence-corrected chi connectivity index (χ3v) is 4.64. The van der Waals surface area contributed by atoms with E-state index in [1.165, 1.54) is 18.2 Å². The van der Waals surface area contributed by atoms with Crippen LogP contribution < -0.4 is 0 Å². The minimum absolute atomic E-state index is 0.00563. The third-order valence-electron chi connectivity index (χ3n) is 4.64. The van der Waals surface area contributed by atoms with Gasteiger partial charge in [0.15, 0.2) is 0 Å². The van der Waals surface area contributed by atoms with Crippen molar-refractivity contribution in [1.82, 2.24) is 4.90 Å². The van der Waals surface area contributed by atoms with Gasteiger partial charge in [-0.2, -0.15) is 0 Å². The highest BCUT2D eigenvalue weighted by atomic mass is 16.6. The summed E-state index contributed by atoms with van der Waals surface area (Å²) in [6.07, 6.45) is 2.40. The summed E-state index contributed by atoms with van der Waals surface area (Å²) in [6.45, 7) is 0.325. The number of nitro groups is 1. The lowest BCUT2D eigenvalue weighted by atomic mass is 10.0. The highest BCUT2D eigenvalue weighted by molar-refractivity contribution is 5.89. The maximum Gasteiger partial charge on any atom is 0.335 e. The van der Waals surface area contributed by atoms with Crippen LogP contribution in [0, 0.1) is 10.1 Å². The Hall–Kier alpha value is -3.22. The Morgan fingerprint density at radius 3 is 2.56 bits per heavy atom. The summed E-state index contributed by atoms with van der Waals surface area (Å²) in [4.78, 5) is 36.3. The van der Waals surface area contributed by atoms with E-state index in [9.17, 15) is 24.8 Å². The molecule has 7 nitrogen and oxygen atoms in total. The number of nitro benzene ring substituents is 1. The van der Waals surface area contributed by atoms with Gasteiger partial charge < -0.3 is 10.0 Å². The Morgan fingerprint density at radius 2 is 1.89 bits per heavy atom. The van der Waals surface area contributed by atoms with Crippen LogP contribution in [-0.2, 0) is 17.8 Å². The van der Waals surface area contributed by atoms with Crippen molar-refractivity contribution in [2.24, 2.45) is 0 Å². The SMILES string of the molecule is O=C(O)c1ccccc1CCC(=O)N(Cc1cccc([N+](=O)[O-])c1)C1CC1. The van der Waals surface area contributed by atoms with Crippen molar-refractivity contribution in [3.05, 3.63) is 75.3 Å². The molecule has 1 fully saturated rings. The summed E-state index contributed by atoms with van der Waals surface area (Å²) in [5, 5.41) is 20.2. The number of benzene rings is 2. The van der Waals surface area contributed by atoms with Crippen molar-refractivity contribution in [2.45, 2.75) is 38.3 Å². The lowest BCUT2D eigenvalue weighted by Crippen LogP contribution is -2.32. The number of carboxylic acids is 1. The van der Waals surface area contributed by atoms with Crippen LogP contribution in [0.25, 0.3) is 0 Å². The third kappa shape index (κ3) is 4.69. The van der Waals surface area contributed by atoms with Crippen molar-refractivity contribution < 1.29 is 19.6 Å². The predicted molar refractivity (Wildman–Crippen MR) is 98.4 cm³/mol. The fourth-order valence-electron chi connectivity index (χ4n) is 3.10. The van der Waals surface area contributed by atoms with E-state index in [0.717, 1.165) is 18.4 Å². The molecule has 1 aliphatic rings. The van der Waals surface area contributed by atoms with Crippen LogP contribution in [0.3, 0.4) is 0 Å². The predicted octanol–water partition coefficient (Wildman–Crippen LogP) is 3.42. The van der Waals surface area contributed by atoms with Gasteiger partial charge >= 0.3 is 5.97 Å². The molecule has 0 atom stereocenters. The fourth-order valence-corrected chi connectivity index (χ4v) is 3.10. The Balaban J connectivity index is 1.69. The van der Waals surface area contributed by atoms with Gasteiger partial charge in [0.1, 0.15) is 0 Å². The summed E-state index contributed by atoms with van der Waals surface area (Å²) >= 11 is 0. The van der Waals surface area contributed by atoms with Crippen molar-refractivity contribution in [3.63, 3.8) is 0 Å². The molecule has 0 heterocycles. The Bertz CT molecular complexity index is 876. The Morgan fingerprint density at radius 1 is 1.15 bits per heavy atom. The molecular formula is C20H20N2O5. The topological polar surface area (TPSA) is 101 Å². The van der Waals surface area contributed by atoms with Gasteiger partial charge in [-0.05, 0) is 36.5 Å². The van der Waals surface area contributed by atoms with Gasteiger partial charge in [-0.25, -0.2) is 4.79 Å². The molecule has 3 rings (SSSR count). The minimum atomic E-state index is -1.01. The van der Waals surface area contributed by atoms with Crippen LogP contribution >= 0.6 is 0 Å². The average molecular weight is 368 g/mol. The van der Waals surface area contributed by atoms with E-state index < -0.39 is 10.9 Å². The number of aromatic carboxylic acids is 1. The molecule has 1 amide bonds. The zero-order valence-corrected chi connectivity index (χ0v) is 14.7. The van der Waals surface area contributed by atoms with E-state index in [2.05, 4.69) is 0 Å². The van der Waals surface area contributed by atoms with E-state index >= 15 is 0 Å². The van der Waals surface area contributed by atoms with Crippen molar-refractivity contribution in [1.29, 1.82) is 0 Å². The number of carbonyl (C=O) groups is 2. The second kappa shape index (κ2) is 7.99. The first kappa shape index (κ1) is 18.6. The zero-order valence-electron chi connectivity index (χ0n) is 14.7. The van der Waals surface area contributed by atoms with Gasteiger partial charge in [-0.15, -0.1) is 0 Å². The summed E-state index contributed by atoms with van der Waals surface area (Å²) in [6, 6.07) is 13.1. The number of nitrogens with zero attached hydrogens (tertiary/aromatic N) is 2. The number of hydrogen-bond donors (Lipinski definition) is 1. The number of non-ortho nitro benzene ring substituents is 1. The van der Waals surface area contributed by atoms with Crippen molar-refractivity contribution in [2.75, 3.05) is 0 Å². The Labute approximate surface area is 156 Å². The van der Waals surface area contributed by atoms with Crippen LogP contribution in [0.2, 0.25) is 0 Å². The quantitative estimate of drug-likeness (QED) is 0.568. The standard InChI is InChI=1S/C20H20N2O5/c23-19(11-8-15-5-1-2-7-18(15)20(24)25)21(16-9-10-16)13-14-4-3-6-17(12-14)22(26)27/h1-7,12,16H,8-11,13H2,(H,24,25). The number of hydrogen-bond acceptors (Lipinski definition) is 4. The van der Waals surface area contributed by atoms with E-state index in [-0.39, 0.29) is 29.6 Å². The molecule has 140 valence electrons. The number of aryl methyl sites for hydroxylation is 1. The molecular weight excluding hydrogens is 348 g/mol. The van der Waals surface area contributed by atoms with Crippen molar-refractivity contribution in [3.8, 4) is 0 Å². The smallest absolute Gasteiger partial charge is 0.335 e. The molecule has 0 saturated heterocycles. The number of carbonyl (C=O) groups excluding carboxylic acids is 1. The largest absolute Gasteiger partial charge is 0.478 e. The molecule has 0 radical (unpaired) electrons. The first-order valence-electron chi connectivity index (χ1n) is 8.79. The molecule has 0 bridgehead atoms. The molecule has 1 saturated carbocycles.